The number of hydrogen-bond acceptors (Lipinski definition) is 3. The van der Waals surface area contributed by atoms with Crippen molar-refractivity contribution in [3.63, 3.8) is 0 Å². The lowest BCUT2D eigenvalue weighted by molar-refractivity contribution is 0.102. The Morgan fingerprint density at radius 1 is 1.00 bits per heavy atom. The zero-order valence-electron chi connectivity index (χ0n) is 10.9. The van der Waals surface area contributed by atoms with Gasteiger partial charge >= 0.3 is 0 Å². The van der Waals surface area contributed by atoms with Crippen molar-refractivity contribution in [2.75, 3.05) is 5.32 Å². The number of amides is 1. The van der Waals surface area contributed by atoms with Gasteiger partial charge in [-0.3, -0.25) is 9.36 Å². The molecule has 0 saturated heterocycles. The Labute approximate surface area is 126 Å². The van der Waals surface area contributed by atoms with Crippen molar-refractivity contribution in [3.05, 3.63) is 71.8 Å². The van der Waals surface area contributed by atoms with Gasteiger partial charge in [0.1, 0.15) is 12.7 Å². The molecule has 1 heterocycles. The highest BCUT2D eigenvalue weighted by atomic mass is 35.5. The Kier molecular flexibility index (Phi) is 3.66. The number of carbonyl (C=O) groups excluding carboxylic acids is 1. The van der Waals surface area contributed by atoms with Crippen LogP contribution in [0.2, 0.25) is 5.02 Å². The molecular weight excluding hydrogens is 288 g/mol. The highest BCUT2D eigenvalue weighted by molar-refractivity contribution is 6.33. The summed E-state index contributed by atoms with van der Waals surface area (Å²) in [6.45, 7) is 0. The molecule has 104 valence electrons. The molecule has 0 aliphatic rings. The SMILES string of the molecule is O=C(Nc1ccccc1Cl)c1ccc(-n2cnnc2)cc1. The van der Waals surface area contributed by atoms with E-state index < -0.39 is 0 Å². The van der Waals surface area contributed by atoms with Gasteiger partial charge in [0.2, 0.25) is 0 Å². The van der Waals surface area contributed by atoms with Crippen molar-refractivity contribution in [2.24, 2.45) is 0 Å². The molecule has 0 atom stereocenters. The summed E-state index contributed by atoms with van der Waals surface area (Å²) in [7, 11) is 0. The summed E-state index contributed by atoms with van der Waals surface area (Å²) in [6, 6.07) is 14.2. The molecule has 3 aromatic rings. The van der Waals surface area contributed by atoms with Crippen LogP contribution in [-0.2, 0) is 0 Å². The molecule has 6 heteroatoms. The Hall–Kier alpha value is -2.66. The van der Waals surface area contributed by atoms with Crippen LogP contribution in [0.5, 0.6) is 0 Å². The van der Waals surface area contributed by atoms with Crippen LogP contribution in [-0.4, -0.2) is 20.7 Å². The third-order valence-corrected chi connectivity index (χ3v) is 3.30. The van der Waals surface area contributed by atoms with E-state index in [1.54, 1.807) is 41.5 Å². The summed E-state index contributed by atoms with van der Waals surface area (Å²) in [5.74, 6) is -0.210. The maximum atomic E-state index is 12.2. The molecule has 0 fully saturated rings. The number of carbonyl (C=O) groups is 1. The highest BCUT2D eigenvalue weighted by Crippen LogP contribution is 2.21. The van der Waals surface area contributed by atoms with E-state index >= 15 is 0 Å². The maximum Gasteiger partial charge on any atom is 0.255 e. The summed E-state index contributed by atoms with van der Waals surface area (Å²) in [6.07, 6.45) is 3.19. The largest absolute Gasteiger partial charge is 0.321 e. The van der Waals surface area contributed by atoms with Crippen LogP contribution in [0.15, 0.2) is 61.2 Å². The summed E-state index contributed by atoms with van der Waals surface area (Å²) in [4.78, 5) is 12.2. The Bertz CT molecular complexity index is 754. The molecule has 2 aromatic carbocycles. The lowest BCUT2D eigenvalue weighted by atomic mass is 10.2. The van der Waals surface area contributed by atoms with Crippen LogP contribution in [0.25, 0.3) is 5.69 Å². The molecule has 1 aromatic heterocycles. The maximum absolute atomic E-state index is 12.2. The number of nitrogens with one attached hydrogen (secondary N) is 1. The highest BCUT2D eigenvalue weighted by Gasteiger charge is 2.08. The minimum atomic E-state index is -0.210. The minimum absolute atomic E-state index is 0.210. The molecule has 1 N–H and O–H groups in total. The Morgan fingerprint density at radius 3 is 2.33 bits per heavy atom. The second-order valence-electron chi connectivity index (χ2n) is 4.35. The summed E-state index contributed by atoms with van der Waals surface area (Å²) in [5, 5.41) is 10.8. The summed E-state index contributed by atoms with van der Waals surface area (Å²) < 4.78 is 1.76. The van der Waals surface area contributed by atoms with Gasteiger partial charge in [0.05, 0.1) is 10.7 Å². The van der Waals surface area contributed by atoms with Gasteiger partial charge in [-0.15, -0.1) is 10.2 Å². The van der Waals surface area contributed by atoms with E-state index in [4.69, 9.17) is 11.6 Å². The number of rotatable bonds is 3. The van der Waals surface area contributed by atoms with Crippen LogP contribution in [0.4, 0.5) is 5.69 Å². The van der Waals surface area contributed by atoms with Gasteiger partial charge in [0.25, 0.3) is 5.91 Å². The van der Waals surface area contributed by atoms with Gasteiger partial charge in [-0.05, 0) is 36.4 Å². The molecule has 0 saturated carbocycles. The third-order valence-electron chi connectivity index (χ3n) is 2.97. The van der Waals surface area contributed by atoms with Crippen LogP contribution in [0.3, 0.4) is 0 Å². The minimum Gasteiger partial charge on any atom is -0.321 e. The lowest BCUT2D eigenvalue weighted by Gasteiger charge is -2.07. The van der Waals surface area contributed by atoms with Crippen LogP contribution < -0.4 is 5.32 Å². The molecule has 21 heavy (non-hydrogen) atoms. The molecule has 5 nitrogen and oxygen atoms in total. The van der Waals surface area contributed by atoms with Crippen molar-refractivity contribution in [3.8, 4) is 5.69 Å². The first-order chi connectivity index (χ1) is 10.2. The Morgan fingerprint density at radius 2 is 1.67 bits per heavy atom. The van der Waals surface area contributed by atoms with Gasteiger partial charge in [-0.2, -0.15) is 0 Å². The fraction of sp³-hybridized carbons (Fsp3) is 0. The summed E-state index contributed by atoms with van der Waals surface area (Å²) >= 11 is 6.02. The van der Waals surface area contributed by atoms with Crippen molar-refractivity contribution < 1.29 is 4.79 Å². The zero-order valence-corrected chi connectivity index (χ0v) is 11.7. The van der Waals surface area contributed by atoms with Gasteiger partial charge < -0.3 is 5.32 Å². The van der Waals surface area contributed by atoms with Crippen LogP contribution in [0, 0.1) is 0 Å². The monoisotopic (exact) mass is 298 g/mol. The first-order valence-electron chi connectivity index (χ1n) is 6.25. The number of nitrogens with zero attached hydrogens (tertiary/aromatic N) is 3. The molecule has 0 radical (unpaired) electrons. The molecule has 0 spiro atoms. The quantitative estimate of drug-likeness (QED) is 0.808. The fourth-order valence-electron chi connectivity index (χ4n) is 1.88. The lowest BCUT2D eigenvalue weighted by Crippen LogP contribution is -2.12. The van der Waals surface area contributed by atoms with Crippen LogP contribution >= 0.6 is 11.6 Å². The molecule has 0 aliphatic carbocycles. The van der Waals surface area contributed by atoms with Crippen molar-refractivity contribution in [1.29, 1.82) is 0 Å². The van der Waals surface area contributed by atoms with E-state index in [2.05, 4.69) is 15.5 Å². The van der Waals surface area contributed by atoms with Crippen molar-refractivity contribution >= 4 is 23.2 Å². The normalized spacial score (nSPS) is 10.3. The number of benzene rings is 2. The molecule has 3 rings (SSSR count). The van der Waals surface area contributed by atoms with Gasteiger partial charge in [0, 0.05) is 11.3 Å². The standard InChI is InChI=1S/C15H11ClN4O/c16-13-3-1-2-4-14(13)19-15(21)11-5-7-12(8-6-11)20-9-17-18-10-20/h1-10H,(H,19,21). The fourth-order valence-corrected chi connectivity index (χ4v) is 2.06. The average Bonchev–Trinajstić information content (AvgIpc) is 3.04. The van der Waals surface area contributed by atoms with E-state index in [0.717, 1.165) is 5.69 Å². The number of anilines is 1. The smallest absolute Gasteiger partial charge is 0.255 e. The summed E-state index contributed by atoms with van der Waals surface area (Å²) in [5.41, 5.74) is 2.02. The van der Waals surface area contributed by atoms with Crippen molar-refractivity contribution in [2.45, 2.75) is 0 Å². The second kappa shape index (κ2) is 5.76. The predicted octanol–water partition coefficient (Wildman–Crippen LogP) is 3.17. The van der Waals surface area contributed by atoms with Gasteiger partial charge in [-0.25, -0.2) is 0 Å². The van der Waals surface area contributed by atoms with E-state index in [1.807, 2.05) is 24.3 Å². The molecular formula is C15H11ClN4O. The zero-order chi connectivity index (χ0) is 14.7. The number of para-hydroxylation sites is 1. The first-order valence-corrected chi connectivity index (χ1v) is 6.63. The number of hydrogen-bond donors (Lipinski definition) is 1. The topological polar surface area (TPSA) is 59.8 Å². The predicted molar refractivity (Wildman–Crippen MR) is 80.8 cm³/mol. The first kappa shape index (κ1) is 13.3. The van der Waals surface area contributed by atoms with E-state index in [9.17, 15) is 4.79 Å². The molecule has 0 aliphatic heterocycles. The second-order valence-corrected chi connectivity index (χ2v) is 4.76. The number of aromatic nitrogens is 3. The third kappa shape index (κ3) is 2.93. The Balaban J connectivity index is 1.78. The van der Waals surface area contributed by atoms with E-state index in [-0.39, 0.29) is 5.91 Å². The van der Waals surface area contributed by atoms with E-state index in [0.29, 0.717) is 16.3 Å². The van der Waals surface area contributed by atoms with E-state index in [1.165, 1.54) is 0 Å². The van der Waals surface area contributed by atoms with Gasteiger partial charge in [0.15, 0.2) is 0 Å². The number of halogens is 1. The van der Waals surface area contributed by atoms with Crippen molar-refractivity contribution in [1.82, 2.24) is 14.8 Å². The van der Waals surface area contributed by atoms with Crippen LogP contribution in [0.1, 0.15) is 10.4 Å². The molecule has 0 bridgehead atoms. The van der Waals surface area contributed by atoms with Gasteiger partial charge in [-0.1, -0.05) is 23.7 Å². The molecule has 1 amide bonds. The molecule has 0 unspecified atom stereocenters. The average molecular weight is 299 g/mol.